The summed E-state index contributed by atoms with van der Waals surface area (Å²) in [5.74, 6) is -2.54. The standard InChI is InChI=1S/C97H150O17P2/c1-5-9-13-17-21-25-29-33-37-41-45-49-53-57-61-65-69-73-77-81-94(99)107-87-92(113-96(101)83-79-75-71-67-63-59-55-51-47-43-39-35-31-27-23-19-15-11-7-3)89-111-115(103,104)109-85-91(98)86-110-116(105,106)112-90-93(114-97(102)84-80-76-72-68-64-60-56-52-48-44-40-36-32-28-24-20-16-12-8-4)88-108-95(100)82-78-74-70-66-62-58-54-50-46-42-38-34-30-26-22-18-14-10-6-2/h11,15,21-28,33-40,45-52,57-64,69-70,72-74,76,91-93,98H,5-10,12-14,16-20,29-32,41-44,53-56,65-68,71,75,77-90H2,1-4H3,(H,103,104)(H,105,106)/b15-11-,25-21-,26-22-,27-23-,28-24-,37-33-,38-34-,39-35-,40-36-,49-45-,50-46-,51-47-,52-48-,61-57-,62-58-,63-59-,64-60-,73-69-,74-70-,76-72-/t91-,92-,93-/m1/s1. The third kappa shape index (κ3) is 84.8. The Hall–Kier alpha value is -7.14. The number of ether oxygens (including phenoxy) is 4. The van der Waals surface area contributed by atoms with Crippen LogP contribution in [0.3, 0.4) is 0 Å². The van der Waals surface area contributed by atoms with Crippen LogP contribution in [0.5, 0.6) is 0 Å². The Bertz CT molecular complexity index is 3160. The van der Waals surface area contributed by atoms with Gasteiger partial charge in [0, 0.05) is 25.7 Å². The van der Waals surface area contributed by atoms with Crippen LogP contribution in [0, 0.1) is 0 Å². The lowest BCUT2D eigenvalue weighted by Crippen LogP contribution is -2.30. The van der Waals surface area contributed by atoms with Gasteiger partial charge in [0.05, 0.1) is 26.4 Å². The lowest BCUT2D eigenvalue weighted by molar-refractivity contribution is -0.161. The number of aliphatic hydroxyl groups excluding tert-OH is 1. The van der Waals surface area contributed by atoms with E-state index in [4.69, 9.17) is 37.0 Å². The molecule has 0 aliphatic carbocycles. The summed E-state index contributed by atoms with van der Waals surface area (Å²) in [6, 6.07) is 0. The van der Waals surface area contributed by atoms with Crippen molar-refractivity contribution in [1.82, 2.24) is 0 Å². The Labute approximate surface area is 701 Å². The quantitative estimate of drug-likeness (QED) is 0.0169. The maximum atomic E-state index is 13.2. The first kappa shape index (κ1) is 109. The molecule has 0 saturated carbocycles. The molecular formula is C97H150O17P2. The molecule has 0 amide bonds. The van der Waals surface area contributed by atoms with Crippen LogP contribution >= 0.6 is 15.6 Å². The van der Waals surface area contributed by atoms with Crippen LogP contribution in [0.4, 0.5) is 0 Å². The molecule has 0 radical (unpaired) electrons. The third-order valence-corrected chi connectivity index (χ3v) is 18.7. The monoisotopic (exact) mass is 1650 g/mol. The molecule has 0 bridgehead atoms. The number of allylic oxidation sites excluding steroid dienone is 40. The molecule has 0 aromatic heterocycles. The number of hydrogen-bond acceptors (Lipinski definition) is 15. The molecule has 0 aliphatic rings. The van der Waals surface area contributed by atoms with Gasteiger partial charge in [0.15, 0.2) is 12.2 Å². The van der Waals surface area contributed by atoms with Crippen molar-refractivity contribution in [2.45, 2.75) is 303 Å². The van der Waals surface area contributed by atoms with E-state index in [0.29, 0.717) is 44.9 Å². The number of hydrogen-bond donors (Lipinski definition) is 3. The molecule has 19 heteroatoms. The van der Waals surface area contributed by atoms with Crippen molar-refractivity contribution in [2.24, 2.45) is 0 Å². The Morgan fingerprint density at radius 3 is 0.724 bits per heavy atom. The minimum Gasteiger partial charge on any atom is -0.462 e. The molecule has 2 unspecified atom stereocenters. The molecule has 17 nitrogen and oxygen atoms in total. The number of phosphoric ester groups is 2. The molecule has 0 aromatic rings. The number of carbonyl (C=O) groups is 4. The normalized spacial score (nSPS) is 14.9. The van der Waals surface area contributed by atoms with Crippen LogP contribution in [0.15, 0.2) is 243 Å². The van der Waals surface area contributed by atoms with Crippen LogP contribution in [-0.2, 0) is 65.4 Å². The average Bonchev–Trinajstić information content (AvgIpc) is 0.898. The summed E-state index contributed by atoms with van der Waals surface area (Å²) in [5.41, 5.74) is 0. The predicted molar refractivity (Wildman–Crippen MR) is 481 cm³/mol. The average molecular weight is 1650 g/mol. The summed E-state index contributed by atoms with van der Waals surface area (Å²) in [4.78, 5) is 73.2. The van der Waals surface area contributed by atoms with E-state index in [2.05, 4.69) is 216 Å². The van der Waals surface area contributed by atoms with Crippen molar-refractivity contribution >= 4 is 39.5 Å². The summed E-state index contributed by atoms with van der Waals surface area (Å²) in [5, 5.41) is 10.7. The highest BCUT2D eigenvalue weighted by molar-refractivity contribution is 7.47. The molecule has 650 valence electrons. The van der Waals surface area contributed by atoms with Crippen LogP contribution in [0.25, 0.3) is 0 Å². The van der Waals surface area contributed by atoms with Crippen LogP contribution < -0.4 is 0 Å². The van der Waals surface area contributed by atoms with Crippen molar-refractivity contribution in [3.05, 3.63) is 243 Å². The molecule has 3 N–H and O–H groups in total. The van der Waals surface area contributed by atoms with Gasteiger partial charge in [-0.2, -0.15) is 0 Å². The summed E-state index contributed by atoms with van der Waals surface area (Å²) < 4.78 is 68.5. The minimum atomic E-state index is -5.04. The summed E-state index contributed by atoms with van der Waals surface area (Å²) in [6.45, 7) is 4.35. The molecule has 0 fully saturated rings. The molecule has 116 heavy (non-hydrogen) atoms. The molecular weight excluding hydrogens is 1500 g/mol. The molecule has 5 atom stereocenters. The van der Waals surface area contributed by atoms with Gasteiger partial charge in [-0.15, -0.1) is 0 Å². The molecule has 0 rings (SSSR count). The highest BCUT2D eigenvalue weighted by Gasteiger charge is 2.30. The fraction of sp³-hybridized carbons (Fsp3) is 0.546. The van der Waals surface area contributed by atoms with E-state index < -0.39 is 97.5 Å². The van der Waals surface area contributed by atoms with Crippen molar-refractivity contribution in [1.29, 1.82) is 0 Å². The number of aliphatic hydroxyl groups is 1. The van der Waals surface area contributed by atoms with Crippen molar-refractivity contribution in [2.75, 3.05) is 39.6 Å². The van der Waals surface area contributed by atoms with E-state index in [1.807, 2.05) is 54.7 Å². The Balaban J connectivity index is 5.66. The smallest absolute Gasteiger partial charge is 0.462 e. The maximum Gasteiger partial charge on any atom is 0.472 e. The number of unbranched alkanes of at least 4 members (excludes halogenated alkanes) is 12. The second-order valence-electron chi connectivity index (χ2n) is 27.7. The van der Waals surface area contributed by atoms with Gasteiger partial charge in [-0.25, -0.2) is 9.13 Å². The topological polar surface area (TPSA) is 237 Å². The third-order valence-electron chi connectivity index (χ3n) is 16.8. The first-order valence-corrected chi connectivity index (χ1v) is 46.3. The number of phosphoric acid groups is 2. The summed E-state index contributed by atoms with van der Waals surface area (Å²) >= 11 is 0. The van der Waals surface area contributed by atoms with Crippen molar-refractivity contribution in [3.63, 3.8) is 0 Å². The molecule has 0 aromatic carbocycles. The highest BCUT2D eigenvalue weighted by atomic mass is 31.2. The van der Waals surface area contributed by atoms with Gasteiger partial charge in [0.25, 0.3) is 0 Å². The number of rotatable bonds is 78. The van der Waals surface area contributed by atoms with Crippen LogP contribution in [0.1, 0.15) is 285 Å². The highest BCUT2D eigenvalue weighted by Crippen LogP contribution is 2.45. The van der Waals surface area contributed by atoms with E-state index in [-0.39, 0.29) is 25.7 Å². The van der Waals surface area contributed by atoms with Crippen LogP contribution in [0.2, 0.25) is 0 Å². The van der Waals surface area contributed by atoms with Crippen molar-refractivity contribution in [3.8, 4) is 0 Å². The summed E-state index contributed by atoms with van der Waals surface area (Å²) in [6.07, 6.45) is 113. The predicted octanol–water partition coefficient (Wildman–Crippen LogP) is 26.3. The largest absolute Gasteiger partial charge is 0.472 e. The van der Waals surface area contributed by atoms with E-state index in [0.717, 1.165) is 128 Å². The van der Waals surface area contributed by atoms with Gasteiger partial charge in [0.1, 0.15) is 19.3 Å². The van der Waals surface area contributed by atoms with Crippen molar-refractivity contribution < 1.29 is 80.2 Å². The fourth-order valence-corrected chi connectivity index (χ4v) is 11.8. The molecule has 0 saturated heterocycles. The second kappa shape index (κ2) is 85.7. The fourth-order valence-electron chi connectivity index (χ4n) is 10.3. The Morgan fingerprint density at radius 1 is 0.250 bits per heavy atom. The van der Waals surface area contributed by atoms with Gasteiger partial charge in [-0.3, -0.25) is 37.3 Å². The van der Waals surface area contributed by atoms with Gasteiger partial charge in [-0.1, -0.05) is 316 Å². The lowest BCUT2D eigenvalue weighted by atomic mass is 10.1. The van der Waals surface area contributed by atoms with Crippen LogP contribution in [-0.4, -0.2) is 96.7 Å². The van der Waals surface area contributed by atoms with Gasteiger partial charge in [0.2, 0.25) is 0 Å². The number of esters is 4. The van der Waals surface area contributed by atoms with Gasteiger partial charge < -0.3 is 33.8 Å². The maximum absolute atomic E-state index is 13.2. The SMILES string of the molecule is CC/C=C\C/C=C\C/C=C\C/C=C\C/C=C\CCCCCC(=O)O[C@H](COC(=O)CC/C=C\C/C=C\C/C=C\C/C=C\C/C=C\CCCCC)COP(=O)(O)OC[C@@H](O)COP(=O)(O)OC[C@@H](COC(=O)CC/C=C\C/C=C\C/C=C\C/C=C\C/C=C\CCCCC)OC(=O)CC/C=C\C/C=C\C/C=C\C/C=C\C/C=C\CCCCC. The second-order valence-corrected chi connectivity index (χ2v) is 30.6. The summed E-state index contributed by atoms with van der Waals surface area (Å²) in [7, 11) is -10.1. The molecule has 0 spiro atoms. The van der Waals surface area contributed by atoms with E-state index in [9.17, 15) is 43.2 Å². The molecule has 0 heterocycles. The van der Waals surface area contributed by atoms with E-state index in [1.54, 1.807) is 0 Å². The lowest BCUT2D eigenvalue weighted by Gasteiger charge is -2.21. The van der Waals surface area contributed by atoms with E-state index >= 15 is 0 Å². The molecule has 0 aliphatic heterocycles. The first-order chi connectivity index (χ1) is 56.7. The minimum absolute atomic E-state index is 0.00946. The zero-order valence-electron chi connectivity index (χ0n) is 71.3. The zero-order chi connectivity index (χ0) is 84.5. The number of carbonyl (C=O) groups excluding carboxylic acids is 4. The van der Waals surface area contributed by atoms with Gasteiger partial charge >= 0.3 is 39.5 Å². The Kier molecular flexibility index (Phi) is 80.5. The van der Waals surface area contributed by atoms with Gasteiger partial charge in [-0.05, 0) is 186 Å². The Morgan fingerprint density at radius 2 is 0.466 bits per heavy atom. The zero-order valence-corrected chi connectivity index (χ0v) is 73.1. The van der Waals surface area contributed by atoms with E-state index in [1.165, 1.54) is 57.8 Å². The first-order valence-electron chi connectivity index (χ1n) is 43.3.